The monoisotopic (exact) mass is 514 g/mol. The van der Waals surface area contributed by atoms with Gasteiger partial charge in [0, 0.05) is 25.0 Å². The van der Waals surface area contributed by atoms with E-state index in [0.717, 1.165) is 52.1 Å². The molecule has 1 aromatic heterocycles. The van der Waals surface area contributed by atoms with Crippen molar-refractivity contribution >= 4 is 23.8 Å². The molecule has 3 N–H and O–H groups in total. The predicted octanol–water partition coefficient (Wildman–Crippen LogP) is 5.82. The second kappa shape index (κ2) is 12.1. The molecule has 8 heteroatoms. The van der Waals surface area contributed by atoms with Gasteiger partial charge >= 0.3 is 0 Å². The number of amides is 2. The van der Waals surface area contributed by atoms with E-state index in [2.05, 4.69) is 33.9 Å². The number of aryl methyl sites for hydroxylation is 2. The molecule has 6 nitrogen and oxygen atoms in total. The van der Waals surface area contributed by atoms with Crippen LogP contribution in [0.5, 0.6) is 0 Å². The van der Waals surface area contributed by atoms with E-state index in [1.807, 2.05) is 43.3 Å². The van der Waals surface area contributed by atoms with Gasteiger partial charge in [-0.05, 0) is 77.1 Å². The van der Waals surface area contributed by atoms with E-state index in [0.29, 0.717) is 29.9 Å². The first-order valence-electron chi connectivity index (χ1n) is 12.2. The highest BCUT2D eigenvalue weighted by molar-refractivity contribution is 5.99. The van der Waals surface area contributed by atoms with E-state index in [9.17, 15) is 18.4 Å². The molecule has 1 heterocycles. The first-order chi connectivity index (χ1) is 18.4. The summed E-state index contributed by atoms with van der Waals surface area (Å²) in [6, 6.07) is 19.0. The van der Waals surface area contributed by atoms with Crippen LogP contribution in [-0.2, 0) is 24.3 Å². The Kier molecular flexibility index (Phi) is 8.43. The van der Waals surface area contributed by atoms with Gasteiger partial charge in [0.05, 0.1) is 5.56 Å². The Bertz CT molecular complexity index is 1470. The number of carbonyl (C=O) groups excluding carboxylic acids is 2. The minimum atomic E-state index is -0.967. The molecule has 38 heavy (non-hydrogen) atoms. The molecule has 4 aromatic rings. The molecule has 0 spiro atoms. The van der Waals surface area contributed by atoms with Gasteiger partial charge in [-0.25, -0.2) is 13.8 Å². The largest absolute Gasteiger partial charge is 0.355 e. The van der Waals surface area contributed by atoms with Crippen molar-refractivity contribution in [3.63, 3.8) is 0 Å². The lowest BCUT2D eigenvalue weighted by molar-refractivity contribution is -0.109. The highest BCUT2D eigenvalue weighted by Crippen LogP contribution is 2.30. The molecule has 0 fully saturated rings. The van der Waals surface area contributed by atoms with E-state index < -0.39 is 17.5 Å². The third-order valence-corrected chi connectivity index (χ3v) is 6.16. The van der Waals surface area contributed by atoms with Crippen molar-refractivity contribution in [2.24, 2.45) is 0 Å². The van der Waals surface area contributed by atoms with E-state index in [1.165, 1.54) is 6.07 Å². The molecule has 0 unspecified atom stereocenters. The molecular weight excluding hydrogens is 486 g/mol. The molecule has 0 radical (unpaired) electrons. The topological polar surface area (TPSA) is 83.1 Å². The summed E-state index contributed by atoms with van der Waals surface area (Å²) in [6.45, 7) is 4.36. The zero-order valence-corrected chi connectivity index (χ0v) is 21.1. The Labute approximate surface area is 220 Å². The number of hydrogen-bond donors (Lipinski definition) is 3. The molecular formula is C30H28F2N4O2. The van der Waals surface area contributed by atoms with Crippen LogP contribution in [0.3, 0.4) is 0 Å². The summed E-state index contributed by atoms with van der Waals surface area (Å²) in [4.78, 5) is 28.4. The van der Waals surface area contributed by atoms with Crippen LogP contribution >= 0.6 is 0 Å². The molecule has 3 aromatic carbocycles. The number of anilines is 2. The standard InChI is InChI=1S/C30H28F2N4O2/c1-3-21-6-5-9-24(26(21)17-33-18-37)22-7-4-8-23(14-22)36-29-25(12-19(2)15-34-29)30(38)35-16-20-10-11-27(31)28(32)13-20/h4-15,18H,3,16-17H2,1-2H3,(H,33,37)(H,34,36)(H,35,38). The Hall–Kier alpha value is -4.59. The Morgan fingerprint density at radius 1 is 0.974 bits per heavy atom. The SMILES string of the molecule is CCc1cccc(-c2cccc(Nc3ncc(C)cc3C(=O)NCc3ccc(F)c(F)c3)c2)c1CNC=O. The molecule has 0 aliphatic carbocycles. The summed E-state index contributed by atoms with van der Waals surface area (Å²) in [6.07, 6.45) is 3.18. The Balaban J connectivity index is 1.59. The van der Waals surface area contributed by atoms with Gasteiger partial charge in [0.25, 0.3) is 5.91 Å². The van der Waals surface area contributed by atoms with E-state index in [-0.39, 0.29) is 6.54 Å². The first kappa shape index (κ1) is 26.5. The van der Waals surface area contributed by atoms with Crippen LogP contribution in [0.4, 0.5) is 20.3 Å². The van der Waals surface area contributed by atoms with Crippen LogP contribution < -0.4 is 16.0 Å². The third kappa shape index (κ3) is 6.21. The second-order valence-electron chi connectivity index (χ2n) is 8.84. The maximum Gasteiger partial charge on any atom is 0.255 e. The van der Waals surface area contributed by atoms with Gasteiger partial charge in [-0.3, -0.25) is 9.59 Å². The smallest absolute Gasteiger partial charge is 0.255 e. The molecule has 0 saturated carbocycles. The quantitative estimate of drug-likeness (QED) is 0.233. The summed E-state index contributed by atoms with van der Waals surface area (Å²) in [7, 11) is 0. The third-order valence-electron chi connectivity index (χ3n) is 6.16. The van der Waals surface area contributed by atoms with Gasteiger partial charge in [0.1, 0.15) is 5.82 Å². The number of nitrogens with one attached hydrogen (secondary N) is 3. The minimum Gasteiger partial charge on any atom is -0.355 e. The van der Waals surface area contributed by atoms with Gasteiger partial charge in [0.15, 0.2) is 11.6 Å². The Morgan fingerprint density at radius 2 is 1.79 bits per heavy atom. The summed E-state index contributed by atoms with van der Waals surface area (Å²) in [5, 5.41) is 8.76. The fourth-order valence-electron chi connectivity index (χ4n) is 4.26. The number of benzene rings is 3. The fraction of sp³-hybridized carbons (Fsp3) is 0.167. The number of rotatable bonds is 10. The molecule has 0 bridgehead atoms. The lowest BCUT2D eigenvalue weighted by Crippen LogP contribution is -2.24. The zero-order chi connectivity index (χ0) is 27.1. The highest BCUT2D eigenvalue weighted by Gasteiger charge is 2.15. The zero-order valence-electron chi connectivity index (χ0n) is 21.1. The number of halogens is 2. The van der Waals surface area contributed by atoms with Gasteiger partial charge in [0.2, 0.25) is 6.41 Å². The van der Waals surface area contributed by atoms with Crippen LogP contribution in [-0.4, -0.2) is 17.3 Å². The average Bonchev–Trinajstić information content (AvgIpc) is 2.93. The van der Waals surface area contributed by atoms with Crippen LogP contribution in [0.1, 0.15) is 39.5 Å². The predicted molar refractivity (Wildman–Crippen MR) is 144 cm³/mol. The van der Waals surface area contributed by atoms with E-state index in [4.69, 9.17) is 0 Å². The lowest BCUT2D eigenvalue weighted by Gasteiger charge is -2.16. The average molecular weight is 515 g/mol. The molecule has 4 rings (SSSR count). The van der Waals surface area contributed by atoms with Gasteiger partial charge in [-0.1, -0.05) is 43.3 Å². The summed E-state index contributed by atoms with van der Waals surface area (Å²) in [5.41, 5.74) is 6.43. The highest BCUT2D eigenvalue weighted by atomic mass is 19.2. The van der Waals surface area contributed by atoms with Crippen molar-refractivity contribution in [2.75, 3.05) is 5.32 Å². The van der Waals surface area contributed by atoms with Gasteiger partial charge in [-0.15, -0.1) is 0 Å². The molecule has 194 valence electrons. The first-order valence-corrected chi connectivity index (χ1v) is 12.2. The van der Waals surface area contributed by atoms with Crippen molar-refractivity contribution in [2.45, 2.75) is 33.4 Å². The van der Waals surface area contributed by atoms with Crippen molar-refractivity contribution in [3.05, 3.63) is 112 Å². The number of hydrogen-bond acceptors (Lipinski definition) is 4. The van der Waals surface area contributed by atoms with Crippen molar-refractivity contribution < 1.29 is 18.4 Å². The van der Waals surface area contributed by atoms with Crippen molar-refractivity contribution in [1.29, 1.82) is 0 Å². The molecule has 0 saturated heterocycles. The molecule has 2 amide bonds. The minimum absolute atomic E-state index is 0.0320. The van der Waals surface area contributed by atoms with E-state index in [1.54, 1.807) is 12.3 Å². The maximum absolute atomic E-state index is 13.5. The number of aromatic nitrogens is 1. The van der Waals surface area contributed by atoms with Crippen LogP contribution in [0.15, 0.2) is 72.9 Å². The van der Waals surface area contributed by atoms with Crippen molar-refractivity contribution in [3.8, 4) is 11.1 Å². The summed E-state index contributed by atoms with van der Waals surface area (Å²) < 4.78 is 26.8. The second-order valence-corrected chi connectivity index (χ2v) is 8.84. The van der Waals surface area contributed by atoms with E-state index >= 15 is 0 Å². The van der Waals surface area contributed by atoms with Crippen LogP contribution in [0.25, 0.3) is 11.1 Å². The van der Waals surface area contributed by atoms with Crippen molar-refractivity contribution in [1.82, 2.24) is 15.6 Å². The Morgan fingerprint density at radius 3 is 2.55 bits per heavy atom. The normalized spacial score (nSPS) is 10.6. The summed E-state index contributed by atoms with van der Waals surface area (Å²) in [5.74, 6) is -1.95. The summed E-state index contributed by atoms with van der Waals surface area (Å²) >= 11 is 0. The molecule has 0 atom stereocenters. The maximum atomic E-state index is 13.5. The molecule has 0 aliphatic heterocycles. The number of carbonyl (C=O) groups is 2. The van der Waals surface area contributed by atoms with Crippen LogP contribution in [0, 0.1) is 18.6 Å². The van der Waals surface area contributed by atoms with Gasteiger partial charge < -0.3 is 16.0 Å². The number of pyridine rings is 1. The lowest BCUT2D eigenvalue weighted by atomic mass is 9.94. The molecule has 0 aliphatic rings. The number of nitrogens with zero attached hydrogens (tertiary/aromatic N) is 1. The van der Waals surface area contributed by atoms with Gasteiger partial charge in [-0.2, -0.15) is 0 Å². The van der Waals surface area contributed by atoms with Crippen LogP contribution in [0.2, 0.25) is 0 Å². The fourth-order valence-corrected chi connectivity index (χ4v) is 4.26.